The van der Waals surface area contributed by atoms with Crippen molar-refractivity contribution in [3.8, 4) is 0 Å². The van der Waals surface area contributed by atoms with Gasteiger partial charge in [0.1, 0.15) is 0 Å². The molecule has 0 aromatic carbocycles. The van der Waals surface area contributed by atoms with Crippen LogP contribution in [0.4, 0.5) is 0 Å². The summed E-state index contributed by atoms with van der Waals surface area (Å²) < 4.78 is 0. The maximum Gasteiger partial charge on any atom is 0.0558 e. The Morgan fingerprint density at radius 3 is 2.36 bits per heavy atom. The van der Waals surface area contributed by atoms with Crippen molar-refractivity contribution in [2.45, 2.75) is 33.7 Å². The van der Waals surface area contributed by atoms with E-state index in [1.54, 1.807) is 0 Å². The van der Waals surface area contributed by atoms with Gasteiger partial charge in [-0.25, -0.2) is 0 Å². The molecule has 0 rings (SSSR count). The lowest BCUT2D eigenvalue weighted by Gasteiger charge is -2.28. The maximum absolute atomic E-state index is 8.92. The van der Waals surface area contributed by atoms with Gasteiger partial charge in [0, 0.05) is 19.1 Å². The van der Waals surface area contributed by atoms with Crippen LogP contribution in [0.25, 0.3) is 0 Å². The predicted molar refractivity (Wildman–Crippen MR) is 61.5 cm³/mol. The van der Waals surface area contributed by atoms with Crippen LogP contribution in [0.1, 0.15) is 27.7 Å². The number of aliphatic hydroxyl groups is 1. The van der Waals surface area contributed by atoms with Gasteiger partial charge in [-0.2, -0.15) is 0 Å². The third-order valence-corrected chi connectivity index (χ3v) is 2.41. The molecule has 0 heterocycles. The van der Waals surface area contributed by atoms with Gasteiger partial charge >= 0.3 is 0 Å². The third-order valence-electron chi connectivity index (χ3n) is 2.41. The number of nitrogens with one attached hydrogen (secondary N) is 1. The highest BCUT2D eigenvalue weighted by atomic mass is 16.3. The predicted octanol–water partition coefficient (Wildman–Crippen LogP) is 0.935. The topological polar surface area (TPSA) is 35.5 Å². The molecular formula is C11H26N2O. The molecule has 0 bridgehead atoms. The first-order valence-electron chi connectivity index (χ1n) is 5.67. The molecule has 3 nitrogen and oxygen atoms in total. The van der Waals surface area contributed by atoms with E-state index in [1.807, 2.05) is 0 Å². The summed E-state index contributed by atoms with van der Waals surface area (Å²) in [6.45, 7) is 12.9. The fourth-order valence-corrected chi connectivity index (χ4v) is 1.54. The molecule has 1 unspecified atom stereocenters. The lowest BCUT2D eigenvalue weighted by atomic mass is 10.1. The van der Waals surface area contributed by atoms with Gasteiger partial charge in [-0.3, -0.25) is 4.90 Å². The zero-order valence-corrected chi connectivity index (χ0v) is 10.1. The molecule has 0 saturated carbocycles. The van der Waals surface area contributed by atoms with Crippen molar-refractivity contribution in [2.75, 3.05) is 32.8 Å². The molecule has 86 valence electrons. The largest absolute Gasteiger partial charge is 0.395 e. The van der Waals surface area contributed by atoms with Crippen molar-refractivity contribution in [2.24, 2.45) is 5.92 Å². The molecule has 0 amide bonds. The Kier molecular flexibility index (Phi) is 8.14. The minimum Gasteiger partial charge on any atom is -0.395 e. The first-order valence-corrected chi connectivity index (χ1v) is 5.67. The number of aliphatic hydroxyl groups excluding tert-OH is 1. The van der Waals surface area contributed by atoms with Gasteiger partial charge in [0.25, 0.3) is 0 Å². The molecule has 0 aliphatic heterocycles. The van der Waals surface area contributed by atoms with Crippen LogP contribution in [0, 0.1) is 5.92 Å². The summed E-state index contributed by atoms with van der Waals surface area (Å²) in [6.07, 6.45) is 0. The summed E-state index contributed by atoms with van der Waals surface area (Å²) in [5.41, 5.74) is 0. The molecule has 2 N–H and O–H groups in total. The highest BCUT2D eigenvalue weighted by molar-refractivity contribution is 4.67. The first kappa shape index (κ1) is 13.9. The van der Waals surface area contributed by atoms with Crippen LogP contribution in [0.2, 0.25) is 0 Å². The van der Waals surface area contributed by atoms with Gasteiger partial charge in [-0.15, -0.1) is 0 Å². The van der Waals surface area contributed by atoms with E-state index in [0.29, 0.717) is 12.0 Å². The second-order valence-corrected chi connectivity index (χ2v) is 4.23. The second kappa shape index (κ2) is 8.21. The van der Waals surface area contributed by atoms with E-state index in [4.69, 9.17) is 5.11 Å². The van der Waals surface area contributed by atoms with Crippen LogP contribution < -0.4 is 5.32 Å². The molecule has 0 aromatic heterocycles. The van der Waals surface area contributed by atoms with E-state index in [2.05, 4.69) is 37.9 Å². The molecule has 0 saturated heterocycles. The zero-order chi connectivity index (χ0) is 11.0. The van der Waals surface area contributed by atoms with E-state index in [-0.39, 0.29) is 6.61 Å². The molecule has 1 atom stereocenters. The van der Waals surface area contributed by atoms with Crippen LogP contribution in [-0.4, -0.2) is 48.8 Å². The number of hydrogen-bond donors (Lipinski definition) is 2. The SMILES string of the molecule is CCNCC(C)CN(CCO)C(C)C. The average molecular weight is 202 g/mol. The maximum atomic E-state index is 8.92. The van der Waals surface area contributed by atoms with Crippen molar-refractivity contribution in [3.63, 3.8) is 0 Å². The Bertz CT molecular complexity index is 128. The Morgan fingerprint density at radius 2 is 1.93 bits per heavy atom. The van der Waals surface area contributed by atoms with Crippen molar-refractivity contribution < 1.29 is 5.11 Å². The molecule has 0 spiro atoms. The fraction of sp³-hybridized carbons (Fsp3) is 1.00. The number of nitrogens with zero attached hydrogens (tertiary/aromatic N) is 1. The summed E-state index contributed by atoms with van der Waals surface area (Å²) in [7, 11) is 0. The van der Waals surface area contributed by atoms with Crippen LogP contribution >= 0.6 is 0 Å². The van der Waals surface area contributed by atoms with Gasteiger partial charge < -0.3 is 10.4 Å². The highest BCUT2D eigenvalue weighted by Crippen LogP contribution is 2.03. The Morgan fingerprint density at radius 1 is 1.29 bits per heavy atom. The lowest BCUT2D eigenvalue weighted by Crippen LogP contribution is -2.39. The Hall–Kier alpha value is -0.120. The highest BCUT2D eigenvalue weighted by Gasteiger charge is 2.12. The number of hydrogen-bond acceptors (Lipinski definition) is 3. The van der Waals surface area contributed by atoms with Gasteiger partial charge in [0.2, 0.25) is 0 Å². The summed E-state index contributed by atoms with van der Waals surface area (Å²) in [5, 5.41) is 12.3. The Labute approximate surface area is 88.5 Å². The van der Waals surface area contributed by atoms with Crippen LogP contribution in [0.3, 0.4) is 0 Å². The molecule has 0 aromatic rings. The summed E-state index contributed by atoms with van der Waals surface area (Å²) in [4.78, 5) is 2.32. The van der Waals surface area contributed by atoms with E-state index < -0.39 is 0 Å². The third kappa shape index (κ3) is 6.35. The minimum atomic E-state index is 0.256. The van der Waals surface area contributed by atoms with Crippen LogP contribution in [-0.2, 0) is 0 Å². The summed E-state index contributed by atoms with van der Waals surface area (Å²) in [5.74, 6) is 0.642. The zero-order valence-electron chi connectivity index (χ0n) is 10.1. The van der Waals surface area contributed by atoms with E-state index >= 15 is 0 Å². The minimum absolute atomic E-state index is 0.256. The van der Waals surface area contributed by atoms with Crippen LogP contribution in [0.5, 0.6) is 0 Å². The molecular weight excluding hydrogens is 176 g/mol. The molecule has 0 aliphatic carbocycles. The Balaban J connectivity index is 3.77. The normalized spacial score (nSPS) is 13.9. The quantitative estimate of drug-likeness (QED) is 0.615. The van der Waals surface area contributed by atoms with Crippen molar-refractivity contribution in [1.29, 1.82) is 0 Å². The molecule has 14 heavy (non-hydrogen) atoms. The van der Waals surface area contributed by atoms with E-state index in [9.17, 15) is 0 Å². The lowest BCUT2D eigenvalue weighted by molar-refractivity contribution is 0.148. The fourth-order valence-electron chi connectivity index (χ4n) is 1.54. The van der Waals surface area contributed by atoms with Crippen LogP contribution in [0.15, 0.2) is 0 Å². The van der Waals surface area contributed by atoms with Gasteiger partial charge in [-0.1, -0.05) is 13.8 Å². The monoisotopic (exact) mass is 202 g/mol. The van der Waals surface area contributed by atoms with Gasteiger partial charge in [0.15, 0.2) is 0 Å². The summed E-state index contributed by atoms with van der Waals surface area (Å²) in [6, 6.07) is 0.520. The standard InChI is InChI=1S/C11H26N2O/c1-5-12-8-11(4)9-13(6-7-14)10(2)3/h10-12,14H,5-9H2,1-4H3. The molecule has 3 heteroatoms. The molecule has 0 radical (unpaired) electrons. The number of rotatable bonds is 8. The van der Waals surface area contributed by atoms with Gasteiger partial charge in [0.05, 0.1) is 6.61 Å². The van der Waals surface area contributed by atoms with Crippen molar-refractivity contribution in [3.05, 3.63) is 0 Å². The molecule has 0 aliphatic rings. The van der Waals surface area contributed by atoms with Gasteiger partial charge in [-0.05, 0) is 32.9 Å². The average Bonchev–Trinajstić information content (AvgIpc) is 2.14. The second-order valence-electron chi connectivity index (χ2n) is 4.23. The van der Waals surface area contributed by atoms with Crippen molar-refractivity contribution in [1.82, 2.24) is 10.2 Å². The van der Waals surface area contributed by atoms with Crippen molar-refractivity contribution >= 4 is 0 Å². The summed E-state index contributed by atoms with van der Waals surface area (Å²) >= 11 is 0. The molecule has 0 fully saturated rings. The first-order chi connectivity index (χ1) is 6.61. The smallest absolute Gasteiger partial charge is 0.0558 e. The van der Waals surface area contributed by atoms with E-state index in [0.717, 1.165) is 26.2 Å². The van der Waals surface area contributed by atoms with E-state index in [1.165, 1.54) is 0 Å².